The summed E-state index contributed by atoms with van der Waals surface area (Å²) < 4.78 is 10.8. The van der Waals surface area contributed by atoms with Gasteiger partial charge in [-0.2, -0.15) is 0 Å². The van der Waals surface area contributed by atoms with Crippen LogP contribution in [0.3, 0.4) is 0 Å². The third-order valence-electron chi connectivity index (χ3n) is 3.93. The predicted octanol–water partition coefficient (Wildman–Crippen LogP) is 3.09. The summed E-state index contributed by atoms with van der Waals surface area (Å²) in [6.45, 7) is 7.09. The fourth-order valence-electron chi connectivity index (χ4n) is 3.01. The minimum atomic E-state index is -0.786. The van der Waals surface area contributed by atoms with Gasteiger partial charge in [0.15, 0.2) is 0 Å². The largest absolute Gasteiger partial charge is 0.871 e. The summed E-state index contributed by atoms with van der Waals surface area (Å²) in [6, 6.07) is 3.41. The fourth-order valence-corrected chi connectivity index (χ4v) is 3.01. The molecule has 5 heteroatoms. The van der Waals surface area contributed by atoms with E-state index in [4.69, 9.17) is 9.15 Å². The minimum absolute atomic E-state index is 0.125. The summed E-state index contributed by atoms with van der Waals surface area (Å²) in [7, 11) is 0. The Balaban J connectivity index is 2.07. The molecule has 26 heavy (non-hydrogen) atoms. The molecule has 132 valence electrons. The van der Waals surface area contributed by atoms with E-state index in [1.807, 2.05) is 0 Å². The summed E-state index contributed by atoms with van der Waals surface area (Å²) >= 11 is 0. The van der Waals surface area contributed by atoms with Gasteiger partial charge in [0.25, 0.3) is 0 Å². The molecule has 0 saturated heterocycles. The molecule has 2 heterocycles. The van der Waals surface area contributed by atoms with E-state index in [0.717, 1.165) is 0 Å². The van der Waals surface area contributed by atoms with E-state index in [9.17, 15) is 14.7 Å². The third kappa shape index (κ3) is 3.42. The van der Waals surface area contributed by atoms with E-state index in [2.05, 4.69) is 0 Å². The quantitative estimate of drug-likeness (QED) is 0.465. The molecule has 0 atom stereocenters. The number of Topliss-reactive ketones (excluding diaryl/α,β-unsaturated/α-hetero) is 2. The normalized spacial score (nSPS) is 18.9. The van der Waals surface area contributed by atoms with Crippen LogP contribution in [0.15, 0.2) is 68.8 Å². The molecule has 0 saturated carbocycles. The first-order valence-electron chi connectivity index (χ1n) is 8.14. The second-order valence-electron chi connectivity index (χ2n) is 6.33. The summed E-state index contributed by atoms with van der Waals surface area (Å²) in [5.74, 6) is 0.461. The summed E-state index contributed by atoms with van der Waals surface area (Å²) in [6.07, 6.45) is 6.29. The lowest BCUT2D eigenvalue weighted by atomic mass is 10.1. The molecule has 0 aromatic carbocycles. The van der Waals surface area contributed by atoms with E-state index in [1.165, 1.54) is 12.2 Å². The van der Waals surface area contributed by atoms with Crippen LogP contribution in [0.2, 0.25) is 0 Å². The molecule has 2 aliphatic rings. The molecular weight excluding hydrogens is 332 g/mol. The molecule has 0 amide bonds. The van der Waals surface area contributed by atoms with Crippen molar-refractivity contribution in [2.45, 2.75) is 27.7 Å². The average Bonchev–Trinajstić information content (AvgIpc) is 2.71. The van der Waals surface area contributed by atoms with Gasteiger partial charge in [-0.15, -0.1) is 0 Å². The van der Waals surface area contributed by atoms with Gasteiger partial charge in [0, 0.05) is 23.3 Å². The maximum absolute atomic E-state index is 12.6. The molecule has 0 N–H and O–H groups in total. The highest BCUT2D eigenvalue weighted by atomic mass is 16.5. The Morgan fingerprint density at radius 2 is 1.50 bits per heavy atom. The second-order valence-corrected chi connectivity index (χ2v) is 6.33. The lowest BCUT2D eigenvalue weighted by Gasteiger charge is -2.13. The molecule has 0 fully saturated rings. The van der Waals surface area contributed by atoms with Crippen LogP contribution in [0.1, 0.15) is 30.9 Å². The Kier molecular flexibility index (Phi) is 4.47. The van der Waals surface area contributed by atoms with Crippen LogP contribution in [-0.4, -0.2) is 11.6 Å². The highest BCUT2D eigenvalue weighted by Crippen LogP contribution is 2.28. The van der Waals surface area contributed by atoms with Gasteiger partial charge in [-0.25, -0.2) is 4.42 Å². The van der Waals surface area contributed by atoms with Crippen molar-refractivity contribution in [2.24, 2.45) is 0 Å². The van der Waals surface area contributed by atoms with Crippen LogP contribution in [0, 0.1) is 13.8 Å². The lowest BCUT2D eigenvalue weighted by molar-refractivity contribution is -0.296. The molecule has 1 aliphatic carbocycles. The van der Waals surface area contributed by atoms with Gasteiger partial charge >= 0.3 is 11.5 Å². The number of carbonyl (C=O) groups is 2. The van der Waals surface area contributed by atoms with E-state index in [0.29, 0.717) is 34.2 Å². The number of carbonyl (C=O) groups excluding carboxylic acids is 2. The van der Waals surface area contributed by atoms with E-state index < -0.39 is 17.3 Å². The smallest absolute Gasteiger partial charge is 0.327 e. The van der Waals surface area contributed by atoms with Crippen molar-refractivity contribution < 1.29 is 23.8 Å². The maximum Gasteiger partial charge on any atom is 0.327 e. The minimum Gasteiger partial charge on any atom is -0.871 e. The Hall–Kier alpha value is -3.21. The number of ether oxygens (including phenoxy) is 1. The van der Waals surface area contributed by atoms with Crippen molar-refractivity contribution in [2.75, 3.05) is 0 Å². The Labute approximate surface area is 151 Å². The molecule has 1 aromatic heterocycles. The molecule has 0 radical (unpaired) electrons. The zero-order chi connectivity index (χ0) is 19.0. The topological polar surface area (TPSA) is 77.7 Å². The fraction of sp³-hybridized carbons (Fsp3) is 0.190. The van der Waals surface area contributed by atoms with Gasteiger partial charge in [0.2, 0.25) is 11.6 Å². The monoisotopic (exact) mass is 350 g/mol. The third-order valence-corrected chi connectivity index (χ3v) is 3.93. The molecule has 0 unspecified atom stereocenters. The number of allylic oxidation sites excluding steroid dienone is 8. The Morgan fingerprint density at radius 3 is 2.08 bits per heavy atom. The van der Waals surface area contributed by atoms with Crippen LogP contribution < -0.4 is 5.11 Å². The number of hydrogen-bond donors (Lipinski definition) is 0. The molecule has 5 nitrogen and oxygen atoms in total. The number of ketones is 2. The summed E-state index contributed by atoms with van der Waals surface area (Å²) in [5, 5.41) is 12.6. The summed E-state index contributed by atoms with van der Waals surface area (Å²) in [5.41, 5.74) is 1.03. The molecular formula is C21H18O5. The van der Waals surface area contributed by atoms with Gasteiger partial charge < -0.3 is 9.84 Å². The number of aryl methyl sites for hydroxylation is 2. The van der Waals surface area contributed by atoms with E-state index >= 15 is 0 Å². The van der Waals surface area contributed by atoms with E-state index in [1.54, 1.807) is 52.0 Å². The van der Waals surface area contributed by atoms with Crippen molar-refractivity contribution in [3.8, 4) is 0 Å². The highest BCUT2D eigenvalue weighted by molar-refractivity contribution is 6.54. The van der Waals surface area contributed by atoms with Gasteiger partial charge in [0.05, 0.1) is 13.8 Å². The SMILES string of the molecule is CC1=CC(=CC2=C([O-])/C(=C/c3cc(C)[o+]c(C)c3)C(=O)C2=O)C=C(C)O1. The van der Waals surface area contributed by atoms with Crippen LogP contribution in [-0.2, 0) is 14.3 Å². The van der Waals surface area contributed by atoms with Gasteiger partial charge in [0.1, 0.15) is 11.5 Å². The number of rotatable bonds is 2. The first kappa shape index (κ1) is 17.6. The first-order chi connectivity index (χ1) is 12.2. The van der Waals surface area contributed by atoms with Crippen molar-refractivity contribution >= 4 is 17.6 Å². The standard InChI is InChI=1S/C21H18O5/c1-11-5-15(6-12(2)25-11)9-17-19(22)18(21(24)20(17)23)10-16-7-13(3)26-14(4)8-16/h5-10H,1-4H3. The lowest BCUT2D eigenvalue weighted by Crippen LogP contribution is -2.10. The zero-order valence-electron chi connectivity index (χ0n) is 15.0. The van der Waals surface area contributed by atoms with Crippen molar-refractivity contribution in [1.82, 2.24) is 0 Å². The first-order valence-corrected chi connectivity index (χ1v) is 8.14. The average molecular weight is 350 g/mol. The maximum atomic E-state index is 12.6. The van der Waals surface area contributed by atoms with Gasteiger partial charge in [-0.05, 0) is 49.3 Å². The van der Waals surface area contributed by atoms with Crippen molar-refractivity contribution in [3.63, 3.8) is 0 Å². The molecule has 1 aromatic rings. The Morgan fingerprint density at radius 1 is 0.923 bits per heavy atom. The molecule has 3 rings (SSSR count). The molecule has 0 bridgehead atoms. The van der Waals surface area contributed by atoms with Crippen LogP contribution in [0.5, 0.6) is 0 Å². The Bertz CT molecular complexity index is 943. The zero-order valence-corrected chi connectivity index (χ0v) is 15.0. The predicted molar refractivity (Wildman–Crippen MR) is 94.3 cm³/mol. The second kappa shape index (κ2) is 6.59. The molecule has 0 spiro atoms. The van der Waals surface area contributed by atoms with Crippen LogP contribution in [0.4, 0.5) is 0 Å². The highest BCUT2D eigenvalue weighted by Gasteiger charge is 2.30. The van der Waals surface area contributed by atoms with E-state index in [-0.39, 0.29) is 11.1 Å². The van der Waals surface area contributed by atoms with Crippen LogP contribution >= 0.6 is 0 Å². The summed E-state index contributed by atoms with van der Waals surface area (Å²) in [4.78, 5) is 24.6. The van der Waals surface area contributed by atoms with Gasteiger partial charge in [-0.3, -0.25) is 9.59 Å². The molecule has 1 aliphatic heterocycles. The van der Waals surface area contributed by atoms with Crippen molar-refractivity contribution in [1.29, 1.82) is 0 Å². The number of hydrogen-bond acceptors (Lipinski definition) is 4. The van der Waals surface area contributed by atoms with Crippen LogP contribution in [0.25, 0.3) is 6.08 Å². The van der Waals surface area contributed by atoms with Crippen molar-refractivity contribution in [3.05, 3.63) is 81.4 Å². The van der Waals surface area contributed by atoms with Gasteiger partial charge in [-0.1, -0.05) is 5.76 Å².